The zero-order chi connectivity index (χ0) is 63.5. The van der Waals surface area contributed by atoms with Gasteiger partial charge in [0.15, 0.2) is 5.78 Å². The lowest BCUT2D eigenvalue weighted by Crippen LogP contribution is -2.62. The van der Waals surface area contributed by atoms with E-state index in [1.165, 1.54) is 20.8 Å². The summed E-state index contributed by atoms with van der Waals surface area (Å²) in [5.74, 6) is -8.45. The molecule has 0 aromatic rings. The molecule has 0 bridgehead atoms. The zero-order valence-electron chi connectivity index (χ0n) is 50.4. The number of nitrogens with two attached hydrogens (primary N) is 6. The Morgan fingerprint density at radius 1 is 0.313 bits per heavy atom. The summed E-state index contributed by atoms with van der Waals surface area (Å²) in [6.07, 6.45) is 0.277. The van der Waals surface area contributed by atoms with Gasteiger partial charge in [-0.05, 0) is 136 Å². The Hall–Kier alpha value is -5.95. The van der Waals surface area contributed by atoms with Crippen molar-refractivity contribution in [2.24, 2.45) is 52.2 Å². The van der Waals surface area contributed by atoms with E-state index < -0.39 is 132 Å². The fourth-order valence-corrected chi connectivity index (χ4v) is 8.67. The molecule has 83 heavy (non-hydrogen) atoms. The molecule has 12 atom stereocenters. The van der Waals surface area contributed by atoms with Gasteiger partial charge in [0.2, 0.25) is 59.1 Å². The summed E-state index contributed by atoms with van der Waals surface area (Å²) in [5.41, 5.74) is 34.8. The number of nitrogens with one attached hydrogen (secondary N) is 10. The van der Waals surface area contributed by atoms with E-state index >= 15 is 0 Å². The van der Waals surface area contributed by atoms with Gasteiger partial charge in [0.25, 0.3) is 0 Å². The second-order valence-corrected chi connectivity index (χ2v) is 22.3. The largest absolute Gasteiger partial charge is 0.391 e. The second kappa shape index (κ2) is 41.9. The van der Waals surface area contributed by atoms with Crippen LogP contribution in [-0.4, -0.2) is 187 Å². The normalized spacial score (nSPS) is 15.8. The molecule has 0 radical (unpaired) electrons. The van der Waals surface area contributed by atoms with Gasteiger partial charge in [-0.25, -0.2) is 0 Å². The monoisotopic (exact) mass is 1180 g/mol. The molecule has 0 rings (SSSR count). The lowest BCUT2D eigenvalue weighted by Gasteiger charge is -2.29. The molecule has 0 fully saturated rings. The minimum Gasteiger partial charge on any atom is -0.391 e. The van der Waals surface area contributed by atoms with Crippen LogP contribution in [0.4, 0.5) is 0 Å². The molecule has 0 aliphatic heterocycles. The first-order valence-corrected chi connectivity index (χ1v) is 29.1. The standard InChI is InChI=1S/C54H104N16O13/c1-29(2)13-11-10-12-14-43(74)61-35(15-21-55)50(79)70-45(34(9)73)54(83)66-39(19-25-59)48(77)62-36(16-22-56)46(75)63-38(18-24-58)49(78)67-42(28-31(5)6)53(82)68-41(27-30(3)4)52(81)65-37(17-23-57)47(76)64-40(20-26-60)51(80)69-44(32(7)71)33(8)72/h29-32,34-42,44-45,71,73H,10-28,55-60H2,1-9H3,(H,61,74)(H,62,77)(H,63,75)(H,64,76)(H,65,81)(H,66,83)(H,67,78)(H,68,82)(H,69,80)(H,70,79)/t32-,34-,35+,36+,37+,38+,39+,40+,41+,42-,44+,45+/m1/s1. The van der Waals surface area contributed by atoms with Crippen LogP contribution < -0.4 is 87.6 Å². The molecule has 0 saturated carbocycles. The fourth-order valence-electron chi connectivity index (χ4n) is 8.67. The highest BCUT2D eigenvalue weighted by Crippen LogP contribution is 2.13. The van der Waals surface area contributed by atoms with Gasteiger partial charge in [-0.2, -0.15) is 0 Å². The summed E-state index contributed by atoms with van der Waals surface area (Å²) in [6.45, 7) is 14.5. The molecule has 0 spiro atoms. The summed E-state index contributed by atoms with van der Waals surface area (Å²) >= 11 is 0. The van der Waals surface area contributed by atoms with E-state index in [1.54, 1.807) is 27.7 Å². The number of carbonyl (C=O) groups excluding carboxylic acids is 11. The van der Waals surface area contributed by atoms with E-state index in [0.717, 1.165) is 19.3 Å². The Labute approximate surface area is 489 Å². The molecule has 29 nitrogen and oxygen atoms in total. The van der Waals surface area contributed by atoms with Crippen molar-refractivity contribution in [1.29, 1.82) is 0 Å². The molecular weight excluding hydrogens is 1080 g/mol. The van der Waals surface area contributed by atoms with Gasteiger partial charge in [-0.3, -0.25) is 52.7 Å². The Balaban J connectivity index is 6.40. The van der Waals surface area contributed by atoms with E-state index in [4.69, 9.17) is 34.4 Å². The van der Waals surface area contributed by atoms with Crippen LogP contribution in [0.3, 0.4) is 0 Å². The van der Waals surface area contributed by atoms with Crippen LogP contribution in [-0.2, 0) is 52.7 Å². The van der Waals surface area contributed by atoms with E-state index in [1.807, 2.05) is 0 Å². The van der Waals surface area contributed by atoms with Gasteiger partial charge in [-0.1, -0.05) is 60.8 Å². The lowest BCUT2D eigenvalue weighted by atomic mass is 9.99. The van der Waals surface area contributed by atoms with Gasteiger partial charge in [0.05, 0.1) is 12.2 Å². The molecule has 0 aromatic carbocycles. The molecule has 0 aliphatic carbocycles. The number of hydrogen-bond acceptors (Lipinski definition) is 19. The number of aliphatic hydroxyl groups is 2. The van der Waals surface area contributed by atoms with E-state index in [9.17, 15) is 63.0 Å². The maximum absolute atomic E-state index is 14.2. The van der Waals surface area contributed by atoms with Crippen LogP contribution in [0.15, 0.2) is 0 Å². The smallest absolute Gasteiger partial charge is 0.245 e. The van der Waals surface area contributed by atoms with Crippen LogP contribution in [0.5, 0.6) is 0 Å². The van der Waals surface area contributed by atoms with Crippen LogP contribution in [0.2, 0.25) is 0 Å². The number of Topliss-reactive ketones (excluding diaryl/α,β-unsaturated/α-hetero) is 1. The van der Waals surface area contributed by atoms with Crippen molar-refractivity contribution in [3.63, 3.8) is 0 Å². The third-order valence-corrected chi connectivity index (χ3v) is 13.2. The summed E-state index contributed by atoms with van der Waals surface area (Å²) in [4.78, 5) is 149. The van der Waals surface area contributed by atoms with Crippen LogP contribution in [0, 0.1) is 17.8 Å². The van der Waals surface area contributed by atoms with Crippen LogP contribution >= 0.6 is 0 Å². The van der Waals surface area contributed by atoms with Crippen molar-refractivity contribution in [2.75, 3.05) is 39.3 Å². The third-order valence-electron chi connectivity index (χ3n) is 13.2. The van der Waals surface area contributed by atoms with Crippen molar-refractivity contribution in [3.8, 4) is 0 Å². The third kappa shape index (κ3) is 31.0. The summed E-state index contributed by atoms with van der Waals surface area (Å²) in [5, 5.41) is 46.2. The summed E-state index contributed by atoms with van der Waals surface area (Å²) < 4.78 is 0. The maximum Gasteiger partial charge on any atom is 0.245 e. The molecule has 478 valence electrons. The zero-order valence-corrected chi connectivity index (χ0v) is 50.4. The van der Waals surface area contributed by atoms with Crippen molar-refractivity contribution in [1.82, 2.24) is 53.2 Å². The predicted molar refractivity (Wildman–Crippen MR) is 312 cm³/mol. The number of hydrogen-bond donors (Lipinski definition) is 18. The second-order valence-electron chi connectivity index (χ2n) is 22.3. The molecule has 29 heteroatoms. The fraction of sp³-hybridized carbons (Fsp3) is 0.796. The van der Waals surface area contributed by atoms with Crippen LogP contribution in [0.25, 0.3) is 0 Å². The lowest BCUT2D eigenvalue weighted by molar-refractivity contribution is -0.137. The Bertz CT molecular complexity index is 2050. The Kier molecular flexibility index (Phi) is 38.9. The molecule has 10 amide bonds. The number of aliphatic hydroxyl groups excluding tert-OH is 2. The predicted octanol–water partition coefficient (Wildman–Crippen LogP) is -5.02. The highest BCUT2D eigenvalue weighted by molar-refractivity contribution is 5.99. The number of amides is 10. The van der Waals surface area contributed by atoms with Gasteiger partial charge in [0.1, 0.15) is 60.4 Å². The average molecular weight is 1190 g/mol. The quantitative estimate of drug-likeness (QED) is 0.0254. The first kappa shape index (κ1) is 77.0. The Morgan fingerprint density at radius 2 is 0.578 bits per heavy atom. The first-order chi connectivity index (χ1) is 39.0. The highest BCUT2D eigenvalue weighted by atomic mass is 16.3. The molecule has 0 aromatic heterocycles. The molecule has 0 saturated heterocycles. The van der Waals surface area contributed by atoms with Crippen molar-refractivity contribution < 1.29 is 63.0 Å². The van der Waals surface area contributed by atoms with E-state index in [0.29, 0.717) is 12.3 Å². The SMILES string of the molecule is CC(=O)[C@@H](NC(=O)[C@H](CCN)NC(=O)[C@H](CCN)NC(=O)[C@H](CC(C)C)NC(=O)[C@@H](CC(C)C)NC(=O)[C@H](CCN)NC(=O)[C@H](CCN)NC(=O)[C@H](CCN)NC(=O)[C@@H](NC(=O)[C@H](CCN)NC(=O)CCCCCC(C)C)[C@@H](C)O)[C@@H](C)O. The number of rotatable bonds is 44. The summed E-state index contributed by atoms with van der Waals surface area (Å²) in [6, 6.07) is -13.4. The van der Waals surface area contributed by atoms with Gasteiger partial charge in [-0.15, -0.1) is 0 Å². The van der Waals surface area contributed by atoms with E-state index in [2.05, 4.69) is 67.0 Å². The van der Waals surface area contributed by atoms with Crippen molar-refractivity contribution in [2.45, 2.75) is 218 Å². The van der Waals surface area contributed by atoms with Crippen molar-refractivity contribution >= 4 is 64.9 Å². The van der Waals surface area contributed by atoms with Crippen molar-refractivity contribution in [3.05, 3.63) is 0 Å². The van der Waals surface area contributed by atoms with Gasteiger partial charge in [0, 0.05) is 6.42 Å². The molecule has 0 aliphatic rings. The molecular formula is C54H104N16O13. The maximum atomic E-state index is 14.2. The minimum atomic E-state index is -1.62. The molecule has 0 heterocycles. The molecule has 24 N–H and O–H groups in total. The van der Waals surface area contributed by atoms with Gasteiger partial charge >= 0.3 is 0 Å². The van der Waals surface area contributed by atoms with E-state index in [-0.39, 0.29) is 115 Å². The van der Waals surface area contributed by atoms with Crippen LogP contribution in [0.1, 0.15) is 146 Å². The topological polar surface area (TPSA) is 505 Å². The Morgan fingerprint density at radius 3 is 0.855 bits per heavy atom. The molecule has 0 unspecified atom stereocenters. The first-order valence-electron chi connectivity index (χ1n) is 29.1. The average Bonchev–Trinajstić information content (AvgIpc) is 3.44. The highest BCUT2D eigenvalue weighted by Gasteiger charge is 2.37. The summed E-state index contributed by atoms with van der Waals surface area (Å²) in [7, 11) is 0. The van der Waals surface area contributed by atoms with Gasteiger partial charge < -0.3 is 97.8 Å². The minimum absolute atomic E-state index is 0.00983. The number of carbonyl (C=O) groups is 11. The number of unbranched alkanes of at least 4 members (excludes halogenated alkanes) is 2. The number of ketones is 1.